The van der Waals surface area contributed by atoms with Crippen molar-refractivity contribution < 1.29 is 32.6 Å². The molecule has 44 heavy (non-hydrogen) atoms. The number of rotatable bonds is 4. The molecule has 0 aliphatic heterocycles. The van der Waals surface area contributed by atoms with Crippen LogP contribution in [0.25, 0.3) is 53.9 Å². The Morgan fingerprint density at radius 2 is 1.75 bits per heavy atom. The summed E-state index contributed by atoms with van der Waals surface area (Å²) in [4.78, 5) is 18.8. The van der Waals surface area contributed by atoms with Crippen molar-refractivity contribution in [2.75, 3.05) is 5.73 Å². The van der Waals surface area contributed by atoms with Gasteiger partial charge in [0.25, 0.3) is 0 Å². The Morgan fingerprint density at radius 3 is 2.45 bits per heavy atom. The number of hydrogen-bond acceptors (Lipinski definition) is 8. The van der Waals surface area contributed by atoms with Gasteiger partial charge in [0.1, 0.15) is 5.76 Å². The average Bonchev–Trinajstić information content (AvgIpc) is 3.76. The number of nitrogens with zero attached hydrogens (tertiary/aromatic N) is 4. The number of pyridine rings is 2. The number of thiophene rings is 1. The monoisotopic (exact) mass is 621 g/mol. The molecule has 0 radical (unpaired) electrons. The predicted octanol–water partition coefficient (Wildman–Crippen LogP) is 7.33. The molecule has 6 aromatic rings. The normalized spacial score (nSPS) is 17.0. The Bertz CT molecular complexity index is 1940. The SMILES string of the molecule is Nc1ncc(-c2cnn([C@H]3CC[C@H](O)CC3)c2)c2cc(-c3c(-c4ccccc4)sc4cnccc34)oc12.O=C(O)C(F)(F)F. The molecule has 1 aromatic carbocycles. The number of aliphatic carboxylic acids is 1. The number of furan rings is 1. The number of nitrogens with two attached hydrogens (primary N) is 1. The van der Waals surface area contributed by atoms with Crippen LogP contribution in [-0.4, -0.2) is 48.2 Å². The summed E-state index contributed by atoms with van der Waals surface area (Å²) in [6.45, 7) is 0. The molecule has 0 saturated heterocycles. The van der Waals surface area contributed by atoms with Crippen molar-refractivity contribution in [2.24, 2.45) is 0 Å². The van der Waals surface area contributed by atoms with E-state index in [-0.39, 0.29) is 6.10 Å². The topological polar surface area (TPSA) is 140 Å². The molecule has 0 atom stereocenters. The number of hydrogen-bond donors (Lipinski definition) is 3. The van der Waals surface area contributed by atoms with Gasteiger partial charge in [-0.05, 0) is 43.4 Å². The zero-order valence-electron chi connectivity index (χ0n) is 23.0. The summed E-state index contributed by atoms with van der Waals surface area (Å²) in [6.07, 6.45) is 7.67. The molecule has 9 nitrogen and oxygen atoms in total. The number of halogens is 3. The number of nitrogen functional groups attached to an aromatic ring is 1. The summed E-state index contributed by atoms with van der Waals surface area (Å²) >= 11 is 1.71. The van der Waals surface area contributed by atoms with Crippen molar-refractivity contribution in [3.8, 4) is 32.9 Å². The van der Waals surface area contributed by atoms with Gasteiger partial charge in [0.05, 0.1) is 23.0 Å². The van der Waals surface area contributed by atoms with Crippen molar-refractivity contribution in [1.82, 2.24) is 19.7 Å². The minimum absolute atomic E-state index is 0.193. The van der Waals surface area contributed by atoms with Gasteiger partial charge in [-0.2, -0.15) is 18.3 Å². The fourth-order valence-electron chi connectivity index (χ4n) is 5.38. The van der Waals surface area contributed by atoms with E-state index >= 15 is 0 Å². The fourth-order valence-corrected chi connectivity index (χ4v) is 6.57. The quantitative estimate of drug-likeness (QED) is 0.186. The van der Waals surface area contributed by atoms with Gasteiger partial charge in [-0.15, -0.1) is 11.3 Å². The average molecular weight is 622 g/mol. The Labute approximate surface area is 252 Å². The molecule has 0 spiro atoms. The molecule has 7 rings (SSSR count). The van der Waals surface area contributed by atoms with E-state index in [1.54, 1.807) is 17.5 Å². The second-order valence-electron chi connectivity index (χ2n) is 10.4. The van der Waals surface area contributed by atoms with Crippen LogP contribution in [0.2, 0.25) is 0 Å². The second kappa shape index (κ2) is 11.7. The summed E-state index contributed by atoms with van der Waals surface area (Å²) in [5.41, 5.74) is 11.0. The first-order valence-electron chi connectivity index (χ1n) is 13.7. The number of carbonyl (C=O) groups is 1. The van der Waals surface area contributed by atoms with Gasteiger partial charge in [-0.1, -0.05) is 30.3 Å². The smallest absolute Gasteiger partial charge is 0.475 e. The summed E-state index contributed by atoms with van der Waals surface area (Å²) in [5.74, 6) is -1.64. The number of carboxylic acid groups (broad SMARTS) is 1. The minimum Gasteiger partial charge on any atom is -0.475 e. The van der Waals surface area contributed by atoms with Gasteiger partial charge >= 0.3 is 12.1 Å². The lowest BCUT2D eigenvalue weighted by atomic mass is 9.93. The van der Waals surface area contributed by atoms with Crippen molar-refractivity contribution in [1.29, 1.82) is 0 Å². The Kier molecular flexibility index (Phi) is 7.82. The zero-order valence-corrected chi connectivity index (χ0v) is 23.8. The van der Waals surface area contributed by atoms with E-state index in [2.05, 4.69) is 39.5 Å². The highest BCUT2D eigenvalue weighted by atomic mass is 32.1. The maximum atomic E-state index is 10.6. The highest BCUT2D eigenvalue weighted by Crippen LogP contribution is 2.47. The van der Waals surface area contributed by atoms with Crippen LogP contribution in [0.5, 0.6) is 0 Å². The lowest BCUT2D eigenvalue weighted by Gasteiger charge is -2.25. The lowest BCUT2D eigenvalue weighted by Crippen LogP contribution is -2.21. The van der Waals surface area contributed by atoms with Crippen LogP contribution in [-0.2, 0) is 4.79 Å². The van der Waals surface area contributed by atoms with E-state index in [9.17, 15) is 18.3 Å². The van der Waals surface area contributed by atoms with Crippen LogP contribution >= 0.6 is 11.3 Å². The van der Waals surface area contributed by atoms with Gasteiger partial charge in [-0.3, -0.25) is 9.67 Å². The highest BCUT2D eigenvalue weighted by Gasteiger charge is 2.38. The molecule has 226 valence electrons. The van der Waals surface area contributed by atoms with Crippen molar-refractivity contribution in [3.63, 3.8) is 0 Å². The third-order valence-electron chi connectivity index (χ3n) is 7.56. The summed E-state index contributed by atoms with van der Waals surface area (Å²) in [5, 5.41) is 23.7. The third kappa shape index (κ3) is 5.75. The van der Waals surface area contributed by atoms with Gasteiger partial charge in [0.2, 0.25) is 0 Å². The molecule has 1 saturated carbocycles. The van der Waals surface area contributed by atoms with Crippen LogP contribution in [0.1, 0.15) is 31.7 Å². The van der Waals surface area contributed by atoms with E-state index in [4.69, 9.17) is 20.1 Å². The maximum absolute atomic E-state index is 10.6. The molecule has 5 heterocycles. The van der Waals surface area contributed by atoms with Gasteiger partial charge < -0.3 is 20.4 Å². The fraction of sp³-hybridized carbons (Fsp3) is 0.226. The van der Waals surface area contributed by atoms with Gasteiger partial charge in [0, 0.05) is 57.1 Å². The number of alkyl halides is 3. The summed E-state index contributed by atoms with van der Waals surface area (Å²) in [7, 11) is 0. The number of aliphatic hydroxyl groups excluding tert-OH is 1. The van der Waals surface area contributed by atoms with E-state index in [1.165, 1.54) is 0 Å². The molecule has 5 aromatic heterocycles. The number of aromatic nitrogens is 4. The first-order chi connectivity index (χ1) is 21.1. The zero-order chi connectivity index (χ0) is 31.0. The minimum atomic E-state index is -5.08. The van der Waals surface area contributed by atoms with Crippen LogP contribution in [0.4, 0.5) is 19.0 Å². The Morgan fingerprint density at radius 1 is 1.02 bits per heavy atom. The van der Waals surface area contributed by atoms with Gasteiger partial charge in [-0.25, -0.2) is 9.78 Å². The van der Waals surface area contributed by atoms with Crippen molar-refractivity contribution >= 4 is 44.2 Å². The van der Waals surface area contributed by atoms with E-state index in [0.29, 0.717) is 17.4 Å². The molecular formula is C31H26F3N5O4S. The number of anilines is 1. The van der Waals surface area contributed by atoms with Crippen LogP contribution in [0.15, 0.2) is 77.9 Å². The molecule has 0 bridgehead atoms. The van der Waals surface area contributed by atoms with Crippen molar-refractivity contribution in [3.05, 3.63) is 73.4 Å². The first-order valence-corrected chi connectivity index (χ1v) is 14.5. The summed E-state index contributed by atoms with van der Waals surface area (Å²) in [6, 6.07) is 14.8. The van der Waals surface area contributed by atoms with E-state index in [0.717, 1.165) is 74.0 Å². The van der Waals surface area contributed by atoms with Crippen LogP contribution < -0.4 is 5.73 Å². The van der Waals surface area contributed by atoms with Crippen molar-refractivity contribution in [2.45, 2.75) is 44.0 Å². The van der Waals surface area contributed by atoms with Gasteiger partial charge in [0.15, 0.2) is 11.4 Å². The predicted molar refractivity (Wildman–Crippen MR) is 161 cm³/mol. The van der Waals surface area contributed by atoms with Crippen LogP contribution in [0.3, 0.4) is 0 Å². The largest absolute Gasteiger partial charge is 0.490 e. The van der Waals surface area contributed by atoms with E-state index < -0.39 is 12.1 Å². The third-order valence-corrected chi connectivity index (χ3v) is 8.75. The number of carboxylic acids is 1. The number of fused-ring (bicyclic) bond motifs is 2. The Balaban J connectivity index is 0.000000441. The Hall–Kier alpha value is -4.75. The first kappa shape index (κ1) is 29.3. The molecule has 1 fully saturated rings. The molecule has 0 unspecified atom stereocenters. The molecule has 0 amide bonds. The summed E-state index contributed by atoms with van der Waals surface area (Å²) < 4.78 is 41.3. The molecule has 1 aliphatic carbocycles. The highest BCUT2D eigenvalue weighted by molar-refractivity contribution is 7.23. The standard InChI is InChI=1S/C29H25N5O2S.C2HF3O2/c30-29-27-22(23(14-32-29)18-13-33-34(16-18)19-6-8-20(35)9-7-19)12-24(36-27)26-21-10-11-31-15-25(21)37-28(26)17-4-2-1-3-5-17;3-2(4,5)1(6)7/h1-5,10-16,19-20,35H,6-9H2,(H2,30,32);(H,6,7)/t19-,20-;. The second-order valence-corrected chi connectivity index (χ2v) is 11.5. The molecule has 1 aliphatic rings. The maximum Gasteiger partial charge on any atom is 0.490 e. The molecule has 4 N–H and O–H groups in total. The van der Waals surface area contributed by atoms with Crippen LogP contribution in [0, 0.1) is 0 Å². The lowest BCUT2D eigenvalue weighted by molar-refractivity contribution is -0.192. The van der Waals surface area contributed by atoms with E-state index in [1.807, 2.05) is 47.5 Å². The number of benzene rings is 1. The molecular weight excluding hydrogens is 595 g/mol. The molecule has 13 heteroatoms. The number of aliphatic hydroxyl groups is 1.